The molecule has 0 heterocycles. The molecule has 1 N–H and O–H groups in total. The van der Waals surface area contributed by atoms with Crippen LogP contribution >= 0.6 is 15.9 Å². The molecule has 1 fully saturated rings. The fourth-order valence-electron chi connectivity index (χ4n) is 3.10. The van der Waals surface area contributed by atoms with Crippen LogP contribution in [0.1, 0.15) is 45.1 Å². The van der Waals surface area contributed by atoms with Crippen molar-refractivity contribution in [3.63, 3.8) is 0 Å². The minimum atomic E-state index is 0.645. The molecule has 0 amide bonds. The highest BCUT2D eigenvalue weighted by Crippen LogP contribution is 2.33. The molecule has 0 aliphatic heterocycles. The molecule has 1 nitrogen and oxygen atoms in total. The van der Waals surface area contributed by atoms with E-state index in [1.807, 2.05) is 0 Å². The number of halogens is 1. The van der Waals surface area contributed by atoms with Crippen molar-refractivity contribution in [3.05, 3.63) is 28.2 Å². The van der Waals surface area contributed by atoms with Crippen LogP contribution in [0.3, 0.4) is 0 Å². The summed E-state index contributed by atoms with van der Waals surface area (Å²) < 4.78 is 1.20. The number of rotatable bonds is 3. The zero-order chi connectivity index (χ0) is 13.1. The van der Waals surface area contributed by atoms with Crippen LogP contribution in [0.15, 0.2) is 22.7 Å². The van der Waals surface area contributed by atoms with Gasteiger partial charge in [-0.15, -0.1) is 0 Å². The Hall–Kier alpha value is -0.500. The van der Waals surface area contributed by atoms with E-state index in [-0.39, 0.29) is 0 Å². The molecule has 1 saturated carbocycles. The zero-order valence-corrected chi connectivity index (χ0v) is 13.3. The van der Waals surface area contributed by atoms with Gasteiger partial charge in [0.05, 0.1) is 0 Å². The van der Waals surface area contributed by atoms with Crippen LogP contribution in [-0.4, -0.2) is 6.04 Å². The lowest BCUT2D eigenvalue weighted by Gasteiger charge is -2.36. The Morgan fingerprint density at radius 3 is 2.67 bits per heavy atom. The molecule has 18 heavy (non-hydrogen) atoms. The third-order valence-electron chi connectivity index (χ3n) is 4.28. The van der Waals surface area contributed by atoms with E-state index >= 15 is 0 Å². The van der Waals surface area contributed by atoms with Crippen LogP contribution in [0.4, 0.5) is 5.69 Å². The zero-order valence-electron chi connectivity index (χ0n) is 11.7. The first-order valence-electron chi connectivity index (χ1n) is 7.11. The van der Waals surface area contributed by atoms with Gasteiger partial charge in [-0.1, -0.05) is 48.7 Å². The van der Waals surface area contributed by atoms with Gasteiger partial charge in [-0.05, 0) is 49.3 Å². The molecule has 2 rings (SSSR count). The van der Waals surface area contributed by atoms with Gasteiger partial charge in [-0.3, -0.25) is 0 Å². The quantitative estimate of drug-likeness (QED) is 0.790. The van der Waals surface area contributed by atoms with Gasteiger partial charge in [0, 0.05) is 16.2 Å². The van der Waals surface area contributed by atoms with Crippen molar-refractivity contribution in [2.45, 2.75) is 52.5 Å². The standard InChI is InChI=1S/C16H24BrN/c1-11(2)13-7-4-5-9-16(13)18-15-10-6-8-14(17)12(15)3/h6,8,10-11,13,16,18H,4-5,7,9H2,1-3H3. The molecule has 2 atom stereocenters. The van der Waals surface area contributed by atoms with Crippen molar-refractivity contribution >= 4 is 21.6 Å². The summed E-state index contributed by atoms with van der Waals surface area (Å²) in [6.45, 7) is 6.90. The predicted molar refractivity (Wildman–Crippen MR) is 83.1 cm³/mol. The molecule has 100 valence electrons. The van der Waals surface area contributed by atoms with Crippen molar-refractivity contribution in [1.29, 1.82) is 0 Å². The third kappa shape index (κ3) is 3.09. The first kappa shape index (κ1) is 13.9. The first-order valence-corrected chi connectivity index (χ1v) is 7.90. The maximum absolute atomic E-state index is 3.79. The van der Waals surface area contributed by atoms with Crippen molar-refractivity contribution in [2.75, 3.05) is 5.32 Å². The molecule has 1 aliphatic carbocycles. The molecule has 0 aromatic heterocycles. The van der Waals surface area contributed by atoms with Crippen LogP contribution in [-0.2, 0) is 0 Å². The number of benzene rings is 1. The summed E-state index contributed by atoms with van der Waals surface area (Å²) in [5.74, 6) is 1.59. The van der Waals surface area contributed by atoms with E-state index < -0.39 is 0 Å². The van der Waals surface area contributed by atoms with Gasteiger partial charge in [0.1, 0.15) is 0 Å². The molecule has 0 spiro atoms. The summed E-state index contributed by atoms with van der Waals surface area (Å²) >= 11 is 3.61. The minimum absolute atomic E-state index is 0.645. The molecule has 1 aliphatic rings. The molecule has 0 bridgehead atoms. The van der Waals surface area contributed by atoms with E-state index in [9.17, 15) is 0 Å². The summed E-state index contributed by atoms with van der Waals surface area (Å²) in [6.07, 6.45) is 5.46. The number of hydrogen-bond donors (Lipinski definition) is 1. The second kappa shape index (κ2) is 6.10. The molecular formula is C16H24BrN. The van der Waals surface area contributed by atoms with Crippen LogP contribution in [0.25, 0.3) is 0 Å². The summed E-state index contributed by atoms with van der Waals surface area (Å²) in [4.78, 5) is 0. The van der Waals surface area contributed by atoms with Crippen molar-refractivity contribution in [3.8, 4) is 0 Å². The topological polar surface area (TPSA) is 12.0 Å². The molecule has 1 aromatic carbocycles. The summed E-state index contributed by atoms with van der Waals surface area (Å²) in [5, 5.41) is 3.79. The van der Waals surface area contributed by atoms with Gasteiger partial charge < -0.3 is 5.32 Å². The second-order valence-corrected chi connectivity index (χ2v) is 6.71. The van der Waals surface area contributed by atoms with E-state index in [2.05, 4.69) is 60.2 Å². The van der Waals surface area contributed by atoms with E-state index in [0.717, 1.165) is 11.8 Å². The molecule has 1 aromatic rings. The van der Waals surface area contributed by atoms with E-state index in [0.29, 0.717) is 6.04 Å². The Morgan fingerprint density at radius 2 is 1.94 bits per heavy atom. The third-order valence-corrected chi connectivity index (χ3v) is 5.14. The highest BCUT2D eigenvalue weighted by Gasteiger charge is 2.27. The summed E-state index contributed by atoms with van der Waals surface area (Å²) in [7, 11) is 0. The summed E-state index contributed by atoms with van der Waals surface area (Å²) in [5.41, 5.74) is 2.62. The number of hydrogen-bond acceptors (Lipinski definition) is 1. The van der Waals surface area contributed by atoms with Gasteiger partial charge in [0.25, 0.3) is 0 Å². The van der Waals surface area contributed by atoms with Crippen LogP contribution in [0, 0.1) is 18.8 Å². The number of nitrogens with one attached hydrogen (secondary N) is 1. The van der Waals surface area contributed by atoms with Crippen LogP contribution in [0.5, 0.6) is 0 Å². The lowest BCUT2D eigenvalue weighted by atomic mass is 9.77. The average Bonchev–Trinajstić information content (AvgIpc) is 2.35. The number of anilines is 1. The van der Waals surface area contributed by atoms with E-state index in [4.69, 9.17) is 0 Å². The highest BCUT2D eigenvalue weighted by molar-refractivity contribution is 9.10. The van der Waals surface area contributed by atoms with E-state index in [1.54, 1.807) is 0 Å². The van der Waals surface area contributed by atoms with Gasteiger partial charge in [0.15, 0.2) is 0 Å². The minimum Gasteiger partial charge on any atom is -0.382 e. The van der Waals surface area contributed by atoms with Crippen LogP contribution in [0.2, 0.25) is 0 Å². The Morgan fingerprint density at radius 1 is 1.22 bits per heavy atom. The molecule has 2 unspecified atom stereocenters. The molecular weight excluding hydrogens is 286 g/mol. The molecule has 0 saturated heterocycles. The predicted octanol–water partition coefficient (Wildman–Crippen LogP) is 5.38. The van der Waals surface area contributed by atoms with Crippen molar-refractivity contribution < 1.29 is 0 Å². The SMILES string of the molecule is Cc1c(Br)cccc1NC1CCCCC1C(C)C. The highest BCUT2D eigenvalue weighted by atomic mass is 79.9. The average molecular weight is 310 g/mol. The van der Waals surface area contributed by atoms with Crippen LogP contribution < -0.4 is 5.32 Å². The Balaban J connectivity index is 2.13. The van der Waals surface area contributed by atoms with Gasteiger partial charge in [-0.2, -0.15) is 0 Å². The normalized spacial score (nSPS) is 24.3. The maximum atomic E-state index is 3.79. The Kier molecular flexibility index (Phi) is 4.71. The Bertz CT molecular complexity index is 400. The largest absolute Gasteiger partial charge is 0.382 e. The van der Waals surface area contributed by atoms with Crippen molar-refractivity contribution in [2.24, 2.45) is 11.8 Å². The second-order valence-electron chi connectivity index (χ2n) is 5.86. The molecule has 2 heteroatoms. The maximum Gasteiger partial charge on any atom is 0.0383 e. The first-order chi connectivity index (χ1) is 8.59. The Labute approximate surface area is 119 Å². The fourth-order valence-corrected chi connectivity index (χ4v) is 3.47. The van der Waals surface area contributed by atoms with Gasteiger partial charge >= 0.3 is 0 Å². The van der Waals surface area contributed by atoms with Gasteiger partial charge in [-0.25, -0.2) is 0 Å². The van der Waals surface area contributed by atoms with Crippen molar-refractivity contribution in [1.82, 2.24) is 0 Å². The lowest BCUT2D eigenvalue weighted by molar-refractivity contribution is 0.254. The lowest BCUT2D eigenvalue weighted by Crippen LogP contribution is -2.35. The van der Waals surface area contributed by atoms with E-state index in [1.165, 1.54) is 41.4 Å². The smallest absolute Gasteiger partial charge is 0.0383 e. The fraction of sp³-hybridized carbons (Fsp3) is 0.625. The monoisotopic (exact) mass is 309 g/mol. The van der Waals surface area contributed by atoms with Gasteiger partial charge in [0.2, 0.25) is 0 Å². The molecule has 0 radical (unpaired) electrons. The summed E-state index contributed by atoms with van der Waals surface area (Å²) in [6, 6.07) is 7.08.